The molecule has 0 spiro atoms. The van der Waals surface area contributed by atoms with Gasteiger partial charge in [-0.2, -0.15) is 0 Å². The molecule has 3 aliphatic rings. The SMILES string of the molecule is CC(=O)OC1COC(N2c3ccccc3C3CCc4c([nH]c5ccccc45)C32)C(OC(C)=O)C1OC(C)=O. The third-order valence-corrected chi connectivity index (χ3v) is 7.74. The number of hydrogen-bond donors (Lipinski definition) is 1. The number of anilines is 1. The summed E-state index contributed by atoms with van der Waals surface area (Å²) >= 11 is 0. The van der Waals surface area contributed by atoms with Crippen LogP contribution >= 0.6 is 0 Å². The third-order valence-electron chi connectivity index (χ3n) is 7.74. The molecule has 9 nitrogen and oxygen atoms in total. The Kier molecular flexibility index (Phi) is 6.10. The Hall–Kier alpha value is -3.85. The summed E-state index contributed by atoms with van der Waals surface area (Å²) in [5.41, 5.74) is 5.62. The van der Waals surface area contributed by atoms with E-state index in [0.29, 0.717) is 0 Å². The summed E-state index contributed by atoms with van der Waals surface area (Å²) < 4.78 is 23.2. The van der Waals surface area contributed by atoms with Crippen molar-refractivity contribution in [3.63, 3.8) is 0 Å². The van der Waals surface area contributed by atoms with Crippen LogP contribution < -0.4 is 4.90 Å². The number of aromatic amines is 1. The maximum absolute atomic E-state index is 12.3. The Balaban J connectivity index is 1.48. The van der Waals surface area contributed by atoms with E-state index in [1.54, 1.807) is 0 Å². The number of rotatable bonds is 4. The number of aromatic nitrogens is 1. The number of ether oxygens (including phenoxy) is 4. The average molecular weight is 519 g/mol. The summed E-state index contributed by atoms with van der Waals surface area (Å²) in [6.07, 6.45) is -1.88. The van der Waals surface area contributed by atoms with Crippen molar-refractivity contribution in [1.82, 2.24) is 4.98 Å². The topological polar surface area (TPSA) is 107 Å². The quantitative estimate of drug-likeness (QED) is 0.409. The Bertz CT molecular complexity index is 1410. The highest BCUT2D eigenvalue weighted by Crippen LogP contribution is 2.56. The lowest BCUT2D eigenvalue weighted by Crippen LogP contribution is -2.62. The van der Waals surface area contributed by atoms with Gasteiger partial charge < -0.3 is 28.8 Å². The van der Waals surface area contributed by atoms with Crippen LogP contribution in [0.15, 0.2) is 48.5 Å². The first-order chi connectivity index (χ1) is 18.3. The molecule has 6 rings (SSSR count). The number of hydrogen-bond acceptors (Lipinski definition) is 8. The lowest BCUT2D eigenvalue weighted by molar-refractivity contribution is -0.226. The molecule has 38 heavy (non-hydrogen) atoms. The van der Waals surface area contributed by atoms with E-state index in [2.05, 4.69) is 28.1 Å². The second kappa shape index (κ2) is 9.47. The highest BCUT2D eigenvalue weighted by atomic mass is 16.6. The van der Waals surface area contributed by atoms with Gasteiger partial charge in [-0.1, -0.05) is 36.4 Å². The van der Waals surface area contributed by atoms with Crippen LogP contribution in [0.25, 0.3) is 10.9 Å². The molecule has 0 radical (unpaired) electrons. The molecule has 6 unspecified atom stereocenters. The van der Waals surface area contributed by atoms with Crippen LogP contribution in [0, 0.1) is 0 Å². The minimum Gasteiger partial charge on any atom is -0.456 e. The molecule has 0 amide bonds. The van der Waals surface area contributed by atoms with E-state index >= 15 is 0 Å². The fourth-order valence-corrected chi connectivity index (χ4v) is 6.50. The Morgan fingerprint density at radius 2 is 1.58 bits per heavy atom. The molecule has 3 aromatic rings. The molecular formula is C29H30N2O7. The number of carbonyl (C=O) groups excluding carboxylic acids is 3. The van der Waals surface area contributed by atoms with E-state index < -0.39 is 42.4 Å². The molecule has 9 heteroatoms. The van der Waals surface area contributed by atoms with Gasteiger partial charge >= 0.3 is 17.9 Å². The number of carbonyl (C=O) groups is 3. The monoisotopic (exact) mass is 518 g/mol. The van der Waals surface area contributed by atoms with Crippen molar-refractivity contribution in [2.75, 3.05) is 11.5 Å². The van der Waals surface area contributed by atoms with Crippen LogP contribution in [0.2, 0.25) is 0 Å². The van der Waals surface area contributed by atoms with Gasteiger partial charge in [0.2, 0.25) is 0 Å². The van der Waals surface area contributed by atoms with Gasteiger partial charge in [0.25, 0.3) is 0 Å². The number of aryl methyl sites for hydroxylation is 1. The first-order valence-electron chi connectivity index (χ1n) is 12.9. The van der Waals surface area contributed by atoms with Gasteiger partial charge in [-0.3, -0.25) is 14.4 Å². The molecule has 0 bridgehead atoms. The molecule has 1 saturated heterocycles. The van der Waals surface area contributed by atoms with Crippen molar-refractivity contribution in [3.8, 4) is 0 Å². The maximum Gasteiger partial charge on any atom is 0.303 e. The number of fused-ring (bicyclic) bond motifs is 7. The molecule has 3 heterocycles. The maximum atomic E-state index is 12.3. The second-order valence-electron chi connectivity index (χ2n) is 10.1. The Labute approximate surface area is 220 Å². The number of esters is 3. The van der Waals surface area contributed by atoms with E-state index in [4.69, 9.17) is 18.9 Å². The number of nitrogens with zero attached hydrogens (tertiary/aromatic N) is 1. The number of benzene rings is 2. The van der Waals surface area contributed by atoms with Gasteiger partial charge in [0.1, 0.15) is 0 Å². The van der Waals surface area contributed by atoms with E-state index in [0.717, 1.165) is 29.7 Å². The van der Waals surface area contributed by atoms with Crippen LogP contribution in [-0.2, 0) is 39.8 Å². The van der Waals surface area contributed by atoms with Crippen molar-refractivity contribution in [2.24, 2.45) is 0 Å². The molecular weight excluding hydrogens is 488 g/mol. The molecule has 1 aromatic heterocycles. The lowest BCUT2D eigenvalue weighted by atomic mass is 9.80. The fraction of sp³-hybridized carbons (Fsp3) is 0.414. The van der Waals surface area contributed by atoms with E-state index in [-0.39, 0.29) is 18.6 Å². The van der Waals surface area contributed by atoms with Gasteiger partial charge in [0.05, 0.1) is 12.6 Å². The summed E-state index contributed by atoms with van der Waals surface area (Å²) in [6.45, 7) is 3.84. The van der Waals surface area contributed by atoms with Gasteiger partial charge in [0, 0.05) is 49.0 Å². The van der Waals surface area contributed by atoms with E-state index in [1.165, 1.54) is 37.3 Å². The molecule has 6 atom stereocenters. The molecule has 2 aliphatic heterocycles. The van der Waals surface area contributed by atoms with Crippen molar-refractivity contribution in [2.45, 2.75) is 70.1 Å². The van der Waals surface area contributed by atoms with E-state index in [1.807, 2.05) is 30.3 Å². The molecule has 1 N–H and O–H groups in total. The average Bonchev–Trinajstić information content (AvgIpc) is 3.41. The molecule has 198 valence electrons. The third kappa shape index (κ3) is 4.01. The first-order valence-corrected chi connectivity index (χ1v) is 12.9. The predicted molar refractivity (Wildman–Crippen MR) is 137 cm³/mol. The van der Waals surface area contributed by atoms with Crippen LogP contribution in [0.4, 0.5) is 5.69 Å². The predicted octanol–water partition coefficient (Wildman–Crippen LogP) is 3.91. The van der Waals surface area contributed by atoms with Crippen molar-refractivity contribution >= 4 is 34.5 Å². The van der Waals surface area contributed by atoms with Crippen LogP contribution in [-0.4, -0.2) is 54.0 Å². The standard InChI is InChI=1S/C29H30N2O7/c1-15(32)36-24-14-35-29(28(38-17(3)34)27(24)37-16(2)33)31-23-11-7-5-9-19(23)21-13-12-20-18-8-4-6-10-22(18)30-25(20)26(21)31/h4-11,21,24,26-30H,12-14H2,1-3H3. The Morgan fingerprint density at radius 1 is 0.895 bits per heavy atom. The molecule has 2 aromatic carbocycles. The largest absolute Gasteiger partial charge is 0.456 e. The summed E-state index contributed by atoms with van der Waals surface area (Å²) in [4.78, 5) is 42.1. The zero-order valence-corrected chi connectivity index (χ0v) is 21.5. The van der Waals surface area contributed by atoms with Crippen molar-refractivity contribution < 1.29 is 33.3 Å². The van der Waals surface area contributed by atoms with Gasteiger partial charge in [-0.05, 0) is 36.1 Å². The summed E-state index contributed by atoms with van der Waals surface area (Å²) in [6, 6.07) is 16.3. The highest BCUT2D eigenvalue weighted by molar-refractivity contribution is 5.86. The zero-order chi connectivity index (χ0) is 26.6. The van der Waals surface area contributed by atoms with Gasteiger partial charge in [-0.15, -0.1) is 0 Å². The lowest BCUT2D eigenvalue weighted by Gasteiger charge is -2.47. The fourth-order valence-electron chi connectivity index (χ4n) is 6.50. The number of H-pyrrole nitrogens is 1. The Morgan fingerprint density at radius 3 is 2.34 bits per heavy atom. The van der Waals surface area contributed by atoms with Gasteiger partial charge in [-0.25, -0.2) is 0 Å². The van der Waals surface area contributed by atoms with Crippen LogP contribution in [0.3, 0.4) is 0 Å². The van der Waals surface area contributed by atoms with Crippen LogP contribution in [0.5, 0.6) is 0 Å². The van der Waals surface area contributed by atoms with Crippen molar-refractivity contribution in [1.29, 1.82) is 0 Å². The molecule has 1 aliphatic carbocycles. The normalized spacial score (nSPS) is 27.7. The highest BCUT2D eigenvalue weighted by Gasteiger charge is 2.54. The van der Waals surface area contributed by atoms with Gasteiger partial charge in [0.15, 0.2) is 24.5 Å². The number of para-hydroxylation sites is 2. The smallest absolute Gasteiger partial charge is 0.303 e. The summed E-state index contributed by atoms with van der Waals surface area (Å²) in [5, 5.41) is 1.20. The second-order valence-corrected chi connectivity index (χ2v) is 10.1. The summed E-state index contributed by atoms with van der Waals surface area (Å²) in [7, 11) is 0. The minimum absolute atomic E-state index is 0.0183. The first kappa shape index (κ1) is 24.5. The van der Waals surface area contributed by atoms with Crippen molar-refractivity contribution in [3.05, 3.63) is 65.4 Å². The minimum atomic E-state index is -1.03. The molecule has 0 saturated carbocycles. The zero-order valence-electron chi connectivity index (χ0n) is 21.5. The molecule has 1 fully saturated rings. The number of nitrogens with one attached hydrogen (secondary N) is 1. The van der Waals surface area contributed by atoms with Crippen LogP contribution in [0.1, 0.15) is 56.0 Å². The summed E-state index contributed by atoms with van der Waals surface area (Å²) in [5.74, 6) is -1.48. The van der Waals surface area contributed by atoms with E-state index in [9.17, 15) is 14.4 Å².